The van der Waals surface area contributed by atoms with Crippen LogP contribution in [0.3, 0.4) is 0 Å². The SMILES string of the molecule is CCCCC([O])CCCBr. The quantitative estimate of drug-likeness (QED) is 0.597. The van der Waals surface area contributed by atoms with E-state index >= 15 is 0 Å². The highest BCUT2D eigenvalue weighted by molar-refractivity contribution is 9.09. The monoisotopic (exact) mass is 207 g/mol. The molecule has 0 N–H and O–H groups in total. The third-order valence-electron chi connectivity index (χ3n) is 1.54. The van der Waals surface area contributed by atoms with E-state index in [9.17, 15) is 5.11 Å². The highest BCUT2D eigenvalue weighted by atomic mass is 79.9. The van der Waals surface area contributed by atoms with Gasteiger partial charge >= 0.3 is 0 Å². The molecule has 0 saturated carbocycles. The van der Waals surface area contributed by atoms with E-state index in [2.05, 4.69) is 22.9 Å². The summed E-state index contributed by atoms with van der Waals surface area (Å²) in [5, 5.41) is 12.0. The molecule has 0 aliphatic rings. The molecule has 61 valence electrons. The van der Waals surface area contributed by atoms with Gasteiger partial charge in [-0.25, -0.2) is 5.11 Å². The van der Waals surface area contributed by atoms with Crippen LogP contribution in [0.5, 0.6) is 0 Å². The Labute approximate surface area is 72.0 Å². The number of rotatable bonds is 6. The fourth-order valence-corrected chi connectivity index (χ4v) is 1.20. The van der Waals surface area contributed by atoms with Crippen molar-refractivity contribution in [3.63, 3.8) is 0 Å². The molecule has 0 bridgehead atoms. The number of hydrogen-bond donors (Lipinski definition) is 0. The molecule has 0 aliphatic heterocycles. The van der Waals surface area contributed by atoms with Crippen molar-refractivity contribution in [2.45, 2.75) is 45.1 Å². The first-order chi connectivity index (χ1) is 4.81. The van der Waals surface area contributed by atoms with Crippen LogP contribution in [-0.4, -0.2) is 11.4 Å². The van der Waals surface area contributed by atoms with Crippen molar-refractivity contribution in [2.24, 2.45) is 0 Å². The van der Waals surface area contributed by atoms with E-state index in [1.165, 1.54) is 0 Å². The van der Waals surface area contributed by atoms with E-state index in [-0.39, 0.29) is 6.10 Å². The van der Waals surface area contributed by atoms with Gasteiger partial charge in [-0.3, -0.25) is 0 Å². The standard InChI is InChI=1S/C8H16BrO/c1-2-3-5-8(10)6-4-7-9/h8H,2-7H2,1H3. The average Bonchev–Trinajstić information content (AvgIpc) is 1.97. The molecule has 0 aromatic heterocycles. The lowest BCUT2D eigenvalue weighted by molar-refractivity contribution is 0.0714. The van der Waals surface area contributed by atoms with E-state index in [4.69, 9.17) is 0 Å². The van der Waals surface area contributed by atoms with Crippen molar-refractivity contribution in [3.05, 3.63) is 0 Å². The lowest BCUT2D eigenvalue weighted by atomic mass is 10.1. The molecule has 0 fully saturated rings. The molecule has 0 aromatic carbocycles. The summed E-state index contributed by atoms with van der Waals surface area (Å²) in [6.07, 6.45) is 4.66. The highest BCUT2D eigenvalue weighted by Gasteiger charge is 2.03. The number of alkyl halides is 1. The van der Waals surface area contributed by atoms with Crippen molar-refractivity contribution in [1.29, 1.82) is 0 Å². The molecule has 0 heterocycles. The van der Waals surface area contributed by atoms with Crippen LogP contribution in [-0.2, 0) is 5.11 Å². The molecule has 0 aromatic rings. The smallest absolute Gasteiger partial charge is 0.0930 e. The van der Waals surface area contributed by atoms with Crippen LogP contribution in [0.15, 0.2) is 0 Å². The normalized spacial score (nSPS) is 13.5. The summed E-state index contributed by atoms with van der Waals surface area (Å²) < 4.78 is 0. The van der Waals surface area contributed by atoms with E-state index in [0.717, 1.165) is 37.4 Å². The lowest BCUT2D eigenvalue weighted by Crippen LogP contribution is -2.03. The number of halogens is 1. The molecule has 1 nitrogen and oxygen atoms in total. The molecular formula is C8H16BrO. The van der Waals surface area contributed by atoms with Gasteiger partial charge in [0, 0.05) is 5.33 Å². The van der Waals surface area contributed by atoms with Crippen molar-refractivity contribution in [1.82, 2.24) is 0 Å². The van der Waals surface area contributed by atoms with Crippen LogP contribution in [0.2, 0.25) is 0 Å². The molecule has 0 rings (SSSR count). The topological polar surface area (TPSA) is 19.9 Å². The molecule has 1 atom stereocenters. The average molecular weight is 208 g/mol. The van der Waals surface area contributed by atoms with E-state index < -0.39 is 0 Å². The maximum Gasteiger partial charge on any atom is 0.0930 e. The summed E-state index contributed by atoms with van der Waals surface area (Å²) in [6, 6.07) is 0. The Hall–Kier alpha value is 0.440. The van der Waals surface area contributed by atoms with Gasteiger partial charge in [0.05, 0.1) is 6.10 Å². The Morgan fingerprint density at radius 1 is 1.30 bits per heavy atom. The summed E-state index contributed by atoms with van der Waals surface area (Å²) in [7, 11) is 0. The van der Waals surface area contributed by atoms with Crippen molar-refractivity contribution >= 4 is 15.9 Å². The second kappa shape index (κ2) is 7.55. The first kappa shape index (κ1) is 10.4. The Morgan fingerprint density at radius 2 is 1.90 bits per heavy atom. The van der Waals surface area contributed by atoms with Crippen LogP contribution in [0, 0.1) is 0 Å². The van der Waals surface area contributed by atoms with Gasteiger partial charge in [0.25, 0.3) is 0 Å². The Bertz CT molecular complexity index is 58.3. The Morgan fingerprint density at radius 3 is 2.40 bits per heavy atom. The zero-order chi connectivity index (χ0) is 7.82. The molecule has 0 aliphatic carbocycles. The molecule has 0 saturated heterocycles. The zero-order valence-corrected chi connectivity index (χ0v) is 8.19. The van der Waals surface area contributed by atoms with Gasteiger partial charge < -0.3 is 0 Å². The summed E-state index contributed by atoms with van der Waals surface area (Å²) in [4.78, 5) is 0. The van der Waals surface area contributed by atoms with Crippen molar-refractivity contribution in [3.8, 4) is 0 Å². The van der Waals surface area contributed by atoms with E-state index in [1.807, 2.05) is 0 Å². The molecule has 1 radical (unpaired) electrons. The first-order valence-corrected chi connectivity index (χ1v) is 5.15. The van der Waals surface area contributed by atoms with E-state index in [1.54, 1.807) is 0 Å². The molecule has 1 unspecified atom stereocenters. The molecule has 0 spiro atoms. The van der Waals surface area contributed by atoms with Crippen LogP contribution >= 0.6 is 15.9 Å². The van der Waals surface area contributed by atoms with Gasteiger partial charge in [-0.1, -0.05) is 35.7 Å². The predicted octanol–water partition coefficient (Wildman–Crippen LogP) is 3.15. The first-order valence-electron chi connectivity index (χ1n) is 4.03. The minimum absolute atomic E-state index is 0.308. The van der Waals surface area contributed by atoms with Crippen LogP contribution in [0.4, 0.5) is 0 Å². The molecule has 2 heteroatoms. The van der Waals surface area contributed by atoms with Gasteiger partial charge in [-0.05, 0) is 19.3 Å². The van der Waals surface area contributed by atoms with Crippen LogP contribution in [0.25, 0.3) is 0 Å². The molecular weight excluding hydrogens is 192 g/mol. The van der Waals surface area contributed by atoms with E-state index in [0.29, 0.717) is 0 Å². The third-order valence-corrected chi connectivity index (χ3v) is 2.10. The highest BCUT2D eigenvalue weighted by Crippen LogP contribution is 2.07. The summed E-state index contributed by atoms with van der Waals surface area (Å²) in [6.45, 7) is 2.12. The zero-order valence-electron chi connectivity index (χ0n) is 6.61. The fraction of sp³-hybridized carbons (Fsp3) is 1.00. The predicted molar refractivity (Wildman–Crippen MR) is 47.0 cm³/mol. The summed E-state index contributed by atoms with van der Waals surface area (Å²) in [5.41, 5.74) is 0. The fourth-order valence-electron chi connectivity index (χ4n) is 0.881. The Balaban J connectivity index is 3.00. The van der Waals surface area contributed by atoms with Crippen LogP contribution in [0.1, 0.15) is 39.0 Å². The van der Waals surface area contributed by atoms with Gasteiger partial charge in [-0.2, -0.15) is 0 Å². The van der Waals surface area contributed by atoms with Crippen LogP contribution < -0.4 is 0 Å². The largest absolute Gasteiger partial charge is 0.233 e. The molecule has 10 heavy (non-hydrogen) atoms. The van der Waals surface area contributed by atoms with Gasteiger partial charge in [0.1, 0.15) is 0 Å². The third kappa shape index (κ3) is 6.56. The summed E-state index contributed by atoms with van der Waals surface area (Å²) >= 11 is 3.31. The Kier molecular flexibility index (Phi) is 7.88. The lowest BCUT2D eigenvalue weighted by Gasteiger charge is -2.04. The minimum atomic E-state index is -0.308. The van der Waals surface area contributed by atoms with Crippen molar-refractivity contribution < 1.29 is 5.11 Å². The molecule has 0 amide bonds. The number of hydrogen-bond acceptors (Lipinski definition) is 0. The maximum absolute atomic E-state index is 11.0. The summed E-state index contributed by atoms with van der Waals surface area (Å²) in [5.74, 6) is 0. The van der Waals surface area contributed by atoms with Crippen molar-refractivity contribution in [2.75, 3.05) is 5.33 Å². The second-order valence-corrected chi connectivity index (χ2v) is 3.39. The maximum atomic E-state index is 11.0. The van der Waals surface area contributed by atoms with Gasteiger partial charge in [-0.15, -0.1) is 0 Å². The minimum Gasteiger partial charge on any atom is -0.233 e. The second-order valence-electron chi connectivity index (χ2n) is 2.60. The number of unbranched alkanes of at least 4 members (excludes halogenated alkanes) is 1. The van der Waals surface area contributed by atoms with Gasteiger partial charge in [0.15, 0.2) is 0 Å². The van der Waals surface area contributed by atoms with Gasteiger partial charge in [0.2, 0.25) is 0 Å².